The average Bonchev–Trinajstić information content (AvgIpc) is 2.71. The van der Waals surface area contributed by atoms with Crippen LogP contribution in [0, 0.1) is 0 Å². The van der Waals surface area contributed by atoms with E-state index < -0.39 is 5.97 Å². The number of nitrogens with zero attached hydrogens (tertiary/aromatic N) is 4. The largest absolute Gasteiger partial charge is 0.477 e. The Morgan fingerprint density at radius 2 is 2.36 bits per heavy atom. The highest BCUT2D eigenvalue weighted by molar-refractivity contribution is 7.16. The van der Waals surface area contributed by atoms with Crippen LogP contribution in [0.25, 0.3) is 10.8 Å². The maximum Gasteiger partial charge on any atom is 0.347 e. The number of rotatable bonds is 2. The molecular weight excluding hydrogens is 204 g/mol. The molecule has 0 saturated carbocycles. The molecule has 0 aliphatic heterocycles. The van der Waals surface area contributed by atoms with Crippen LogP contribution in [0.2, 0.25) is 0 Å². The van der Waals surface area contributed by atoms with Crippen molar-refractivity contribution in [2.24, 2.45) is 7.05 Å². The maximum atomic E-state index is 10.6. The van der Waals surface area contributed by atoms with Gasteiger partial charge >= 0.3 is 5.97 Å². The summed E-state index contributed by atoms with van der Waals surface area (Å²) >= 11 is 1.08. The van der Waals surface area contributed by atoms with Gasteiger partial charge in [0.1, 0.15) is 11.2 Å². The molecule has 7 heteroatoms. The zero-order valence-corrected chi connectivity index (χ0v) is 8.02. The van der Waals surface area contributed by atoms with Gasteiger partial charge in [-0.15, -0.1) is 11.3 Å². The lowest BCUT2D eigenvalue weighted by Crippen LogP contribution is -1.93. The summed E-state index contributed by atoms with van der Waals surface area (Å²) in [5, 5.41) is 13.1. The molecule has 0 fully saturated rings. The van der Waals surface area contributed by atoms with Crippen molar-refractivity contribution in [3.8, 4) is 10.8 Å². The Morgan fingerprint density at radius 1 is 1.57 bits per heavy atom. The van der Waals surface area contributed by atoms with Gasteiger partial charge in [0.05, 0.1) is 6.20 Å². The fourth-order valence-corrected chi connectivity index (χ4v) is 1.75. The molecule has 0 unspecified atom stereocenters. The van der Waals surface area contributed by atoms with E-state index >= 15 is 0 Å². The number of aromatic carboxylic acids is 1. The highest BCUT2D eigenvalue weighted by atomic mass is 32.1. The van der Waals surface area contributed by atoms with Crippen LogP contribution in [0.5, 0.6) is 0 Å². The zero-order chi connectivity index (χ0) is 10.1. The standard InChI is InChI=1S/C7H6N4O2S/c1-11-5(9-3-10-11)6-8-2-4(14-6)7(12)13/h2-3H,1H3,(H,12,13). The summed E-state index contributed by atoms with van der Waals surface area (Å²) in [7, 11) is 1.73. The topological polar surface area (TPSA) is 80.9 Å². The van der Waals surface area contributed by atoms with Crippen LogP contribution in [0.4, 0.5) is 0 Å². The van der Waals surface area contributed by atoms with Crippen LogP contribution in [0.1, 0.15) is 9.67 Å². The maximum absolute atomic E-state index is 10.6. The van der Waals surface area contributed by atoms with Gasteiger partial charge in [0.15, 0.2) is 10.8 Å². The Bertz CT molecular complexity index is 475. The summed E-state index contributed by atoms with van der Waals surface area (Å²) in [5.74, 6) is -0.404. The molecule has 14 heavy (non-hydrogen) atoms. The van der Waals surface area contributed by atoms with Crippen LogP contribution >= 0.6 is 11.3 Å². The fourth-order valence-electron chi connectivity index (χ4n) is 0.966. The number of thiazole rings is 1. The summed E-state index contributed by atoms with van der Waals surface area (Å²) in [6.07, 6.45) is 2.72. The number of carboxylic acids is 1. The molecule has 0 bridgehead atoms. The van der Waals surface area contributed by atoms with E-state index in [0.717, 1.165) is 11.3 Å². The van der Waals surface area contributed by atoms with Gasteiger partial charge in [-0.25, -0.2) is 19.4 Å². The molecule has 0 saturated heterocycles. The third-order valence-electron chi connectivity index (χ3n) is 1.62. The molecule has 2 aromatic rings. The Balaban J connectivity index is 2.43. The lowest BCUT2D eigenvalue weighted by Gasteiger charge is -1.92. The molecule has 1 N–H and O–H groups in total. The summed E-state index contributed by atoms with van der Waals surface area (Å²) in [6.45, 7) is 0. The summed E-state index contributed by atoms with van der Waals surface area (Å²) in [5.41, 5.74) is 0. The quantitative estimate of drug-likeness (QED) is 0.786. The molecule has 0 spiro atoms. The van der Waals surface area contributed by atoms with Crippen LogP contribution in [-0.2, 0) is 7.05 Å². The molecule has 6 nitrogen and oxygen atoms in total. The Kier molecular flexibility index (Phi) is 2.01. The molecule has 0 aromatic carbocycles. The number of aryl methyl sites for hydroxylation is 1. The minimum absolute atomic E-state index is 0.197. The van der Waals surface area contributed by atoms with Crippen LogP contribution in [-0.4, -0.2) is 30.8 Å². The van der Waals surface area contributed by atoms with Crippen LogP contribution < -0.4 is 0 Å². The molecule has 0 radical (unpaired) electrons. The van der Waals surface area contributed by atoms with Crippen molar-refractivity contribution in [3.05, 3.63) is 17.4 Å². The van der Waals surface area contributed by atoms with E-state index in [0.29, 0.717) is 10.8 Å². The van der Waals surface area contributed by atoms with Gasteiger partial charge < -0.3 is 5.11 Å². The third-order valence-corrected chi connectivity index (χ3v) is 2.60. The van der Waals surface area contributed by atoms with Gasteiger partial charge in [-0.2, -0.15) is 5.10 Å². The average molecular weight is 210 g/mol. The van der Waals surface area contributed by atoms with E-state index in [2.05, 4.69) is 15.1 Å². The van der Waals surface area contributed by atoms with E-state index in [1.165, 1.54) is 12.5 Å². The molecule has 2 rings (SSSR count). The Hall–Kier alpha value is -1.76. The number of hydrogen-bond donors (Lipinski definition) is 1. The SMILES string of the molecule is Cn1ncnc1-c1ncc(C(=O)O)s1. The van der Waals surface area contributed by atoms with Crippen molar-refractivity contribution in [2.75, 3.05) is 0 Å². The second kappa shape index (κ2) is 3.18. The third kappa shape index (κ3) is 1.37. The van der Waals surface area contributed by atoms with Gasteiger partial charge in [0.25, 0.3) is 0 Å². The number of aromatic nitrogens is 4. The lowest BCUT2D eigenvalue weighted by atomic mass is 10.6. The Morgan fingerprint density at radius 3 is 2.86 bits per heavy atom. The summed E-state index contributed by atoms with van der Waals surface area (Å²) in [6, 6.07) is 0. The van der Waals surface area contributed by atoms with Gasteiger partial charge in [0, 0.05) is 7.05 Å². The second-order valence-corrected chi connectivity index (χ2v) is 3.57. The van der Waals surface area contributed by atoms with Crippen LogP contribution in [0.15, 0.2) is 12.5 Å². The molecule has 72 valence electrons. The lowest BCUT2D eigenvalue weighted by molar-refractivity contribution is 0.0702. The van der Waals surface area contributed by atoms with Crippen molar-refractivity contribution in [1.29, 1.82) is 0 Å². The first kappa shape index (κ1) is 8.82. The first-order chi connectivity index (χ1) is 6.68. The van der Waals surface area contributed by atoms with Crippen molar-refractivity contribution < 1.29 is 9.90 Å². The minimum Gasteiger partial charge on any atom is -0.477 e. The molecule has 2 aromatic heterocycles. The van der Waals surface area contributed by atoms with Crippen molar-refractivity contribution >= 4 is 17.3 Å². The predicted molar refractivity (Wildman–Crippen MR) is 49.1 cm³/mol. The van der Waals surface area contributed by atoms with Crippen LogP contribution in [0.3, 0.4) is 0 Å². The molecular formula is C7H6N4O2S. The van der Waals surface area contributed by atoms with E-state index in [1.807, 2.05) is 0 Å². The second-order valence-electron chi connectivity index (χ2n) is 2.54. The summed E-state index contributed by atoms with van der Waals surface area (Å²) in [4.78, 5) is 18.7. The first-order valence-corrected chi connectivity index (χ1v) is 4.53. The highest BCUT2D eigenvalue weighted by Gasteiger charge is 2.12. The van der Waals surface area contributed by atoms with Crippen molar-refractivity contribution in [2.45, 2.75) is 0 Å². The predicted octanol–water partition coefficient (Wildman–Crippen LogP) is 0.637. The van der Waals surface area contributed by atoms with E-state index in [9.17, 15) is 4.79 Å². The van der Waals surface area contributed by atoms with Gasteiger partial charge in [0.2, 0.25) is 0 Å². The normalized spacial score (nSPS) is 10.4. The van der Waals surface area contributed by atoms with E-state index in [-0.39, 0.29) is 4.88 Å². The zero-order valence-electron chi connectivity index (χ0n) is 7.21. The van der Waals surface area contributed by atoms with Crippen molar-refractivity contribution in [1.82, 2.24) is 19.7 Å². The first-order valence-electron chi connectivity index (χ1n) is 3.72. The molecule has 2 heterocycles. The van der Waals surface area contributed by atoms with E-state index in [1.54, 1.807) is 11.7 Å². The number of carboxylic acid groups (broad SMARTS) is 1. The highest BCUT2D eigenvalue weighted by Crippen LogP contribution is 2.22. The Labute approximate surface area is 82.9 Å². The van der Waals surface area contributed by atoms with Gasteiger partial charge in [-0.3, -0.25) is 0 Å². The molecule has 0 atom stereocenters. The summed E-state index contributed by atoms with van der Waals surface area (Å²) < 4.78 is 1.55. The van der Waals surface area contributed by atoms with Gasteiger partial charge in [-0.05, 0) is 0 Å². The van der Waals surface area contributed by atoms with Crippen molar-refractivity contribution in [3.63, 3.8) is 0 Å². The smallest absolute Gasteiger partial charge is 0.347 e. The number of carbonyl (C=O) groups is 1. The molecule has 0 amide bonds. The molecule has 0 aliphatic carbocycles. The fraction of sp³-hybridized carbons (Fsp3) is 0.143. The van der Waals surface area contributed by atoms with E-state index in [4.69, 9.17) is 5.11 Å². The molecule has 0 aliphatic rings. The van der Waals surface area contributed by atoms with Gasteiger partial charge in [-0.1, -0.05) is 0 Å². The monoisotopic (exact) mass is 210 g/mol. The number of hydrogen-bond acceptors (Lipinski definition) is 5. The minimum atomic E-state index is -0.976.